The van der Waals surface area contributed by atoms with Crippen LogP contribution in [0.25, 0.3) is 0 Å². The van der Waals surface area contributed by atoms with Gasteiger partial charge >= 0.3 is 11.9 Å². The maximum Gasteiger partial charge on any atom is 0.337 e. The highest BCUT2D eigenvalue weighted by atomic mass is 32.1. The van der Waals surface area contributed by atoms with Gasteiger partial charge in [0.25, 0.3) is 11.8 Å². The van der Waals surface area contributed by atoms with Crippen molar-refractivity contribution in [2.24, 2.45) is 0 Å². The molecular weight excluding hydrogens is 789 g/mol. The number of anilines is 2. The van der Waals surface area contributed by atoms with Crippen LogP contribution in [0.4, 0.5) is 10.7 Å². The third kappa shape index (κ3) is 12.4. The zero-order valence-electron chi connectivity index (χ0n) is 36.1. The molecule has 2 N–H and O–H groups in total. The van der Waals surface area contributed by atoms with Gasteiger partial charge < -0.3 is 25.0 Å². The summed E-state index contributed by atoms with van der Waals surface area (Å²) in [6.45, 7) is 8.30. The molecule has 1 saturated carbocycles. The van der Waals surface area contributed by atoms with E-state index >= 15 is 0 Å². The van der Waals surface area contributed by atoms with Gasteiger partial charge in [-0.1, -0.05) is 50.2 Å². The topological polar surface area (TPSA) is 134 Å². The number of rotatable bonds is 21. The first kappa shape index (κ1) is 45.2. The fourth-order valence-electron chi connectivity index (χ4n) is 8.19. The van der Waals surface area contributed by atoms with Crippen LogP contribution < -0.4 is 10.6 Å². The van der Waals surface area contributed by atoms with Gasteiger partial charge in [-0.3, -0.25) is 24.1 Å². The van der Waals surface area contributed by atoms with Gasteiger partial charge in [0.05, 0.1) is 31.3 Å². The largest absolute Gasteiger partial charge is 0.466 e. The molecule has 1 heterocycles. The summed E-state index contributed by atoms with van der Waals surface area (Å²) in [5.41, 5.74) is 6.52. The van der Waals surface area contributed by atoms with Crippen molar-refractivity contribution in [2.45, 2.75) is 116 Å². The number of ether oxygens (including phenoxy) is 2. The van der Waals surface area contributed by atoms with Gasteiger partial charge in [0.2, 0.25) is 5.91 Å². The van der Waals surface area contributed by atoms with E-state index in [-0.39, 0.29) is 48.5 Å². The summed E-state index contributed by atoms with van der Waals surface area (Å²) < 4.78 is 9.84. The summed E-state index contributed by atoms with van der Waals surface area (Å²) in [5, 5.41) is 6.80. The molecule has 61 heavy (non-hydrogen) atoms. The minimum absolute atomic E-state index is 0.00559. The summed E-state index contributed by atoms with van der Waals surface area (Å²) in [7, 11) is 1.37. The molecule has 2 aliphatic carbocycles. The maximum absolute atomic E-state index is 14.0. The number of nitrogens with one attached hydrogen (secondary N) is 2. The smallest absolute Gasteiger partial charge is 0.337 e. The monoisotopic (exact) mass is 848 g/mol. The molecule has 3 amide bonds. The number of esters is 2. The highest BCUT2D eigenvalue weighted by Gasteiger charge is 2.33. The van der Waals surface area contributed by atoms with Crippen LogP contribution in [0.3, 0.4) is 0 Å². The van der Waals surface area contributed by atoms with Crippen molar-refractivity contribution in [1.29, 1.82) is 0 Å². The van der Waals surface area contributed by atoms with Crippen molar-refractivity contribution >= 4 is 51.7 Å². The summed E-state index contributed by atoms with van der Waals surface area (Å²) >= 11 is 1.50. The van der Waals surface area contributed by atoms with E-state index in [1.54, 1.807) is 19.1 Å². The highest BCUT2D eigenvalue weighted by molar-refractivity contribution is 7.17. The molecule has 0 spiro atoms. The first-order chi connectivity index (χ1) is 29.6. The lowest BCUT2D eigenvalue weighted by Gasteiger charge is -2.33. The predicted octanol–water partition coefficient (Wildman–Crippen LogP) is 9.03. The third-order valence-corrected chi connectivity index (χ3v) is 12.9. The van der Waals surface area contributed by atoms with Crippen LogP contribution in [0.2, 0.25) is 0 Å². The molecule has 0 aliphatic heterocycles. The second kappa shape index (κ2) is 22.0. The molecular formula is C49H60N4O7S. The Bertz CT molecular complexity index is 2140. The van der Waals surface area contributed by atoms with Crippen molar-refractivity contribution in [3.63, 3.8) is 0 Å². The summed E-state index contributed by atoms with van der Waals surface area (Å²) in [4.78, 5) is 70.5. The minimum Gasteiger partial charge on any atom is -0.466 e. The first-order valence-corrected chi connectivity index (χ1v) is 22.7. The lowest BCUT2D eigenvalue weighted by molar-refractivity contribution is -0.145. The fraction of sp³-hybridized carbons (Fsp3) is 0.449. The lowest BCUT2D eigenvalue weighted by Crippen LogP contribution is -2.43. The van der Waals surface area contributed by atoms with Crippen molar-refractivity contribution in [3.05, 3.63) is 117 Å². The fourth-order valence-corrected chi connectivity index (χ4v) is 9.47. The van der Waals surface area contributed by atoms with Gasteiger partial charge in [0.15, 0.2) is 0 Å². The van der Waals surface area contributed by atoms with Gasteiger partial charge in [-0.2, -0.15) is 0 Å². The quantitative estimate of drug-likeness (QED) is 0.0794. The van der Waals surface area contributed by atoms with Crippen molar-refractivity contribution in [2.75, 3.05) is 37.4 Å². The molecule has 1 fully saturated rings. The highest BCUT2D eigenvalue weighted by Crippen LogP contribution is 2.39. The second-order valence-corrected chi connectivity index (χ2v) is 17.1. The Morgan fingerprint density at radius 1 is 0.770 bits per heavy atom. The van der Waals surface area contributed by atoms with Crippen molar-refractivity contribution < 1.29 is 33.4 Å². The Balaban J connectivity index is 1.10. The van der Waals surface area contributed by atoms with Gasteiger partial charge in [-0.05, 0) is 130 Å². The van der Waals surface area contributed by atoms with E-state index in [0.29, 0.717) is 59.7 Å². The SMILES string of the molecule is CCOC(=O)CCC(=O)N(CCN(Cc1cccc(C(=O)Nc2sc3c(c2C(=O)Nc2ccc(CCc4ccc(C(=O)OC)cc4)cc2)CCCC3)c1)C(CC)CC)C1CC1. The number of carbonyl (C=O) groups excluding carboxylic acids is 5. The molecule has 0 radical (unpaired) electrons. The van der Waals surface area contributed by atoms with Gasteiger partial charge in [0.1, 0.15) is 5.00 Å². The van der Waals surface area contributed by atoms with Crippen molar-refractivity contribution in [1.82, 2.24) is 9.80 Å². The number of hydrogen-bond acceptors (Lipinski definition) is 9. The number of hydrogen-bond donors (Lipinski definition) is 2. The van der Waals surface area contributed by atoms with Gasteiger partial charge in [-0.15, -0.1) is 11.3 Å². The number of carbonyl (C=O) groups is 5. The van der Waals surface area contributed by atoms with Crippen LogP contribution in [0.5, 0.6) is 0 Å². The van der Waals surface area contributed by atoms with E-state index in [0.717, 1.165) is 91.3 Å². The average molecular weight is 849 g/mol. The van der Waals surface area contributed by atoms with Crippen LogP contribution in [0.15, 0.2) is 72.8 Å². The van der Waals surface area contributed by atoms with E-state index in [1.807, 2.05) is 65.6 Å². The zero-order valence-corrected chi connectivity index (χ0v) is 36.9. The molecule has 6 rings (SSSR count). The van der Waals surface area contributed by atoms with Crippen LogP contribution >= 0.6 is 11.3 Å². The molecule has 0 atom stereocenters. The number of fused-ring (bicyclic) bond motifs is 1. The molecule has 3 aromatic carbocycles. The Labute approximate surface area is 364 Å². The molecule has 0 bridgehead atoms. The van der Waals surface area contributed by atoms with E-state index in [2.05, 4.69) is 29.4 Å². The van der Waals surface area contributed by atoms with Gasteiger partial charge in [-0.25, -0.2) is 4.79 Å². The molecule has 2 aliphatic rings. The normalized spacial score (nSPS) is 13.4. The molecule has 1 aromatic heterocycles. The minimum atomic E-state index is -0.353. The molecule has 0 unspecified atom stereocenters. The van der Waals surface area contributed by atoms with Crippen LogP contribution in [0.1, 0.15) is 130 Å². The van der Waals surface area contributed by atoms with Crippen molar-refractivity contribution in [3.8, 4) is 0 Å². The standard InChI is InChI=1S/C49H60N4O7S/c1-5-39(6-2)52(29-30-53(40-25-26-40)43(54)27-28-44(55)60-7-3)32-35-11-10-12-37(31-35)46(56)51-48-45(41-13-8-9-14-42(41)61-48)47(57)50-38-23-19-34(20-24-38)16-15-33-17-21-36(22-18-33)49(58)59-4/h10-12,17-24,31,39-40H,5-9,13-16,25-30,32H2,1-4H3,(H,50,57)(H,51,56). The number of nitrogens with zero attached hydrogens (tertiary/aromatic N) is 2. The first-order valence-electron chi connectivity index (χ1n) is 21.9. The third-order valence-electron chi connectivity index (χ3n) is 11.7. The number of aryl methyl sites for hydroxylation is 3. The Kier molecular flexibility index (Phi) is 16.3. The lowest BCUT2D eigenvalue weighted by atomic mass is 9.95. The Morgan fingerprint density at radius 3 is 2.11 bits per heavy atom. The molecule has 12 heteroatoms. The van der Waals surface area contributed by atoms with Crippen LogP contribution in [-0.2, 0) is 51.3 Å². The van der Waals surface area contributed by atoms with Crippen LogP contribution in [0, 0.1) is 0 Å². The Hall–Kier alpha value is -5.33. The van der Waals surface area contributed by atoms with E-state index < -0.39 is 0 Å². The molecule has 4 aromatic rings. The average Bonchev–Trinajstić information content (AvgIpc) is 4.05. The zero-order chi connectivity index (χ0) is 43.3. The number of amides is 3. The maximum atomic E-state index is 14.0. The number of benzene rings is 3. The summed E-state index contributed by atoms with van der Waals surface area (Å²) in [6.07, 6.45) is 9.43. The second-order valence-electron chi connectivity index (χ2n) is 16.0. The van der Waals surface area contributed by atoms with E-state index in [4.69, 9.17) is 9.47 Å². The van der Waals surface area contributed by atoms with E-state index in [9.17, 15) is 24.0 Å². The molecule has 11 nitrogen and oxygen atoms in total. The Morgan fingerprint density at radius 2 is 1.46 bits per heavy atom. The summed E-state index contributed by atoms with van der Waals surface area (Å²) in [6, 6.07) is 23.5. The van der Waals surface area contributed by atoms with E-state index in [1.165, 1.54) is 18.4 Å². The molecule has 0 saturated heterocycles. The predicted molar refractivity (Wildman–Crippen MR) is 240 cm³/mol. The van der Waals surface area contributed by atoms with Crippen LogP contribution in [-0.4, -0.2) is 78.3 Å². The number of methoxy groups -OCH3 is 1. The van der Waals surface area contributed by atoms with Gasteiger partial charge in [0, 0.05) is 54.3 Å². The summed E-state index contributed by atoms with van der Waals surface area (Å²) in [5.74, 6) is -1.20. The molecule has 324 valence electrons. The number of thiophene rings is 1.